The highest BCUT2D eigenvalue weighted by Crippen LogP contribution is 2.12. The van der Waals surface area contributed by atoms with Crippen molar-refractivity contribution in [3.63, 3.8) is 0 Å². The molecule has 0 aliphatic rings. The first kappa shape index (κ1) is 15.7. The van der Waals surface area contributed by atoms with Gasteiger partial charge in [0, 0.05) is 13.1 Å². The summed E-state index contributed by atoms with van der Waals surface area (Å²) in [6, 6.07) is 7.78. The number of likely N-dealkylation sites (N-methyl/N-ethyl adjacent to an activating group) is 1. The molecule has 1 rings (SSSR count). The van der Waals surface area contributed by atoms with Crippen molar-refractivity contribution in [3.8, 4) is 0 Å². The second-order valence-electron chi connectivity index (χ2n) is 5.51. The second kappa shape index (κ2) is 7.29. The number of hydrogen-bond acceptors (Lipinski definition) is 2. The Morgan fingerprint density at radius 2 is 1.95 bits per heavy atom. The lowest BCUT2D eigenvalue weighted by molar-refractivity contribution is -0.133. The van der Waals surface area contributed by atoms with Gasteiger partial charge >= 0.3 is 0 Å². The summed E-state index contributed by atoms with van der Waals surface area (Å²) in [5.74, 6) is 0.496. The van der Waals surface area contributed by atoms with E-state index in [2.05, 4.69) is 32.9 Å². The van der Waals surface area contributed by atoms with Gasteiger partial charge in [0.25, 0.3) is 0 Å². The zero-order valence-electron chi connectivity index (χ0n) is 12.5. The van der Waals surface area contributed by atoms with E-state index in [4.69, 9.17) is 5.73 Å². The van der Waals surface area contributed by atoms with Crippen LogP contribution in [0.2, 0.25) is 0 Å². The fourth-order valence-electron chi connectivity index (χ4n) is 2.18. The van der Waals surface area contributed by atoms with Crippen molar-refractivity contribution in [2.75, 3.05) is 6.54 Å². The molecule has 0 saturated heterocycles. The third-order valence-corrected chi connectivity index (χ3v) is 3.36. The van der Waals surface area contributed by atoms with Crippen LogP contribution in [0.1, 0.15) is 38.3 Å². The smallest absolute Gasteiger partial charge is 0.239 e. The Balaban J connectivity index is 2.73. The van der Waals surface area contributed by atoms with Gasteiger partial charge in [0.15, 0.2) is 0 Å². The number of carbonyl (C=O) groups is 1. The van der Waals surface area contributed by atoms with Crippen molar-refractivity contribution in [3.05, 3.63) is 35.4 Å². The van der Waals surface area contributed by atoms with Crippen LogP contribution in [-0.4, -0.2) is 23.4 Å². The molecule has 1 amide bonds. The Labute approximate surface area is 116 Å². The summed E-state index contributed by atoms with van der Waals surface area (Å²) in [7, 11) is 0. The molecule has 0 fully saturated rings. The van der Waals surface area contributed by atoms with E-state index in [9.17, 15) is 4.79 Å². The molecule has 0 saturated carbocycles. The molecule has 3 nitrogen and oxygen atoms in total. The highest BCUT2D eigenvalue weighted by atomic mass is 16.2. The number of benzene rings is 1. The molecule has 3 heteroatoms. The normalized spacial score (nSPS) is 12.5. The van der Waals surface area contributed by atoms with Gasteiger partial charge in [-0.2, -0.15) is 0 Å². The predicted octanol–water partition coefficient (Wildman–Crippen LogP) is 2.72. The quantitative estimate of drug-likeness (QED) is 0.857. The number of hydrogen-bond donors (Lipinski definition) is 1. The molecular weight excluding hydrogens is 236 g/mol. The van der Waals surface area contributed by atoms with Crippen LogP contribution in [0.3, 0.4) is 0 Å². The average molecular weight is 262 g/mol. The van der Waals surface area contributed by atoms with E-state index >= 15 is 0 Å². The van der Waals surface area contributed by atoms with Crippen LogP contribution in [0.25, 0.3) is 0 Å². The van der Waals surface area contributed by atoms with Gasteiger partial charge in [-0.1, -0.05) is 38.1 Å². The molecule has 106 valence electrons. The van der Waals surface area contributed by atoms with E-state index in [1.807, 2.05) is 24.0 Å². The molecule has 0 heterocycles. The van der Waals surface area contributed by atoms with E-state index in [0.29, 0.717) is 19.0 Å². The number of nitrogens with two attached hydrogens (primary N) is 1. The zero-order valence-corrected chi connectivity index (χ0v) is 12.5. The molecule has 0 unspecified atom stereocenters. The third-order valence-electron chi connectivity index (χ3n) is 3.36. The Morgan fingerprint density at radius 3 is 2.47 bits per heavy atom. The Hall–Kier alpha value is -1.35. The number of nitrogens with zero attached hydrogens (tertiary/aromatic N) is 1. The highest BCUT2D eigenvalue weighted by molar-refractivity contribution is 5.81. The van der Waals surface area contributed by atoms with E-state index in [1.54, 1.807) is 0 Å². The standard InChI is InChI=1S/C16H26N2O/c1-5-18(16(19)15(17)10-12(2)3)11-14-9-7-6-8-13(14)4/h6-9,12,15H,5,10-11,17H2,1-4H3/t15-/m0/s1. The minimum Gasteiger partial charge on any atom is -0.337 e. The molecule has 1 aromatic carbocycles. The first-order chi connectivity index (χ1) is 8.95. The number of aryl methyl sites for hydroxylation is 1. The molecule has 0 radical (unpaired) electrons. The fraction of sp³-hybridized carbons (Fsp3) is 0.562. The van der Waals surface area contributed by atoms with E-state index in [-0.39, 0.29) is 11.9 Å². The van der Waals surface area contributed by atoms with Crippen LogP contribution in [-0.2, 0) is 11.3 Å². The molecule has 0 spiro atoms. The largest absolute Gasteiger partial charge is 0.337 e. The molecule has 2 N–H and O–H groups in total. The van der Waals surface area contributed by atoms with E-state index < -0.39 is 0 Å². The maximum Gasteiger partial charge on any atom is 0.239 e. The van der Waals surface area contributed by atoms with Crippen LogP contribution in [0.5, 0.6) is 0 Å². The molecule has 19 heavy (non-hydrogen) atoms. The second-order valence-corrected chi connectivity index (χ2v) is 5.51. The van der Waals surface area contributed by atoms with Crippen molar-refractivity contribution in [2.24, 2.45) is 11.7 Å². The predicted molar refractivity (Wildman–Crippen MR) is 79.7 cm³/mol. The van der Waals surface area contributed by atoms with Crippen molar-refractivity contribution in [1.82, 2.24) is 4.90 Å². The number of amides is 1. The summed E-state index contributed by atoms with van der Waals surface area (Å²) in [5.41, 5.74) is 8.40. The summed E-state index contributed by atoms with van der Waals surface area (Å²) in [6.07, 6.45) is 0.739. The van der Waals surface area contributed by atoms with Gasteiger partial charge in [0.1, 0.15) is 0 Å². The van der Waals surface area contributed by atoms with Gasteiger partial charge in [0.05, 0.1) is 6.04 Å². The Kier molecular flexibility index (Phi) is 6.03. The lowest BCUT2D eigenvalue weighted by atomic mass is 10.0. The maximum atomic E-state index is 12.3. The lowest BCUT2D eigenvalue weighted by Gasteiger charge is -2.26. The molecule has 0 aromatic heterocycles. The van der Waals surface area contributed by atoms with Gasteiger partial charge in [-0.3, -0.25) is 4.79 Å². The highest BCUT2D eigenvalue weighted by Gasteiger charge is 2.21. The monoisotopic (exact) mass is 262 g/mol. The average Bonchev–Trinajstić information content (AvgIpc) is 2.36. The zero-order chi connectivity index (χ0) is 14.4. The fourth-order valence-corrected chi connectivity index (χ4v) is 2.18. The van der Waals surface area contributed by atoms with Crippen molar-refractivity contribution < 1.29 is 4.79 Å². The van der Waals surface area contributed by atoms with Crippen LogP contribution in [0.15, 0.2) is 24.3 Å². The molecule has 1 aromatic rings. The van der Waals surface area contributed by atoms with Crippen LogP contribution >= 0.6 is 0 Å². The van der Waals surface area contributed by atoms with Gasteiger partial charge in [-0.15, -0.1) is 0 Å². The van der Waals surface area contributed by atoms with Crippen LogP contribution in [0, 0.1) is 12.8 Å². The number of carbonyl (C=O) groups excluding carboxylic acids is 1. The summed E-state index contributed by atoms with van der Waals surface area (Å²) < 4.78 is 0. The Bertz CT molecular complexity index is 415. The van der Waals surface area contributed by atoms with Gasteiger partial charge in [0.2, 0.25) is 5.91 Å². The van der Waals surface area contributed by atoms with Crippen molar-refractivity contribution in [2.45, 2.75) is 46.7 Å². The minimum atomic E-state index is -0.385. The Morgan fingerprint density at radius 1 is 1.32 bits per heavy atom. The van der Waals surface area contributed by atoms with Gasteiger partial charge in [-0.05, 0) is 37.3 Å². The first-order valence-corrected chi connectivity index (χ1v) is 7.04. The van der Waals surface area contributed by atoms with Crippen LogP contribution in [0.4, 0.5) is 0 Å². The lowest BCUT2D eigenvalue weighted by Crippen LogP contribution is -2.44. The summed E-state index contributed by atoms with van der Waals surface area (Å²) in [4.78, 5) is 14.2. The topological polar surface area (TPSA) is 46.3 Å². The van der Waals surface area contributed by atoms with Crippen LogP contribution < -0.4 is 5.73 Å². The molecular formula is C16H26N2O. The molecule has 0 bridgehead atoms. The van der Waals surface area contributed by atoms with Crippen molar-refractivity contribution >= 4 is 5.91 Å². The summed E-state index contributed by atoms with van der Waals surface area (Å²) in [5, 5.41) is 0. The van der Waals surface area contributed by atoms with Crippen molar-refractivity contribution in [1.29, 1.82) is 0 Å². The SMILES string of the molecule is CCN(Cc1ccccc1C)C(=O)[C@@H](N)CC(C)C. The maximum absolute atomic E-state index is 12.3. The summed E-state index contributed by atoms with van der Waals surface area (Å²) in [6.45, 7) is 9.59. The molecule has 0 aliphatic carbocycles. The van der Waals surface area contributed by atoms with Gasteiger partial charge in [-0.25, -0.2) is 0 Å². The number of rotatable bonds is 6. The van der Waals surface area contributed by atoms with E-state index in [1.165, 1.54) is 11.1 Å². The van der Waals surface area contributed by atoms with Gasteiger partial charge < -0.3 is 10.6 Å². The summed E-state index contributed by atoms with van der Waals surface area (Å²) >= 11 is 0. The van der Waals surface area contributed by atoms with E-state index in [0.717, 1.165) is 6.42 Å². The third kappa shape index (κ3) is 4.67. The first-order valence-electron chi connectivity index (χ1n) is 7.04. The molecule has 0 aliphatic heterocycles. The minimum absolute atomic E-state index is 0.0550. The molecule has 1 atom stereocenters.